The Morgan fingerprint density at radius 2 is 1.79 bits per heavy atom. The molecule has 33 heavy (non-hydrogen) atoms. The molecule has 1 fully saturated rings. The molecule has 0 saturated carbocycles. The zero-order chi connectivity index (χ0) is 23.9. The molecule has 1 aliphatic rings. The number of ketones is 1. The molecule has 0 aliphatic carbocycles. The molecule has 1 aliphatic heterocycles. The minimum atomic E-state index is -0.901. The maximum Gasteiger partial charge on any atom is 0.350 e. The number of esters is 1. The monoisotopic (exact) mass is 462 g/mol. The summed E-state index contributed by atoms with van der Waals surface area (Å²) in [5, 5.41) is 11.5. The van der Waals surface area contributed by atoms with E-state index in [0.29, 0.717) is 16.8 Å². The first kappa shape index (κ1) is 22.4. The lowest BCUT2D eigenvalue weighted by Crippen LogP contribution is -2.29. The van der Waals surface area contributed by atoms with E-state index in [-0.39, 0.29) is 21.3 Å². The molecule has 1 N–H and O–H groups in total. The van der Waals surface area contributed by atoms with Crippen molar-refractivity contribution in [2.24, 2.45) is 0 Å². The highest BCUT2D eigenvalue weighted by Crippen LogP contribution is 2.44. The molecule has 4 rings (SSSR count). The third-order valence-electron chi connectivity index (χ3n) is 5.57. The molecule has 2 aromatic carbocycles. The minimum Gasteiger partial charge on any atom is -0.507 e. The molecule has 0 radical (unpaired) electrons. The van der Waals surface area contributed by atoms with Gasteiger partial charge in [0.1, 0.15) is 10.6 Å². The number of aliphatic hydroxyl groups excluding tert-OH is 1. The van der Waals surface area contributed by atoms with Crippen LogP contribution >= 0.6 is 11.3 Å². The lowest BCUT2D eigenvalue weighted by atomic mass is 9.93. The first-order chi connectivity index (χ1) is 15.7. The number of aryl methyl sites for hydroxylation is 3. The largest absolute Gasteiger partial charge is 0.507 e. The molecule has 168 valence electrons. The van der Waals surface area contributed by atoms with Gasteiger partial charge in [0.25, 0.3) is 5.78 Å². The minimum absolute atomic E-state index is 0.0210. The maximum atomic E-state index is 13.2. The fourth-order valence-electron chi connectivity index (χ4n) is 3.88. The number of carbonyl (C=O) groups excluding carboxylic acids is 3. The van der Waals surface area contributed by atoms with Gasteiger partial charge in [0, 0.05) is 5.56 Å². The Labute approximate surface area is 195 Å². The van der Waals surface area contributed by atoms with Crippen molar-refractivity contribution in [1.82, 2.24) is 4.98 Å². The van der Waals surface area contributed by atoms with Crippen LogP contribution in [0.3, 0.4) is 0 Å². The summed E-state index contributed by atoms with van der Waals surface area (Å²) in [4.78, 5) is 44.5. The van der Waals surface area contributed by atoms with E-state index >= 15 is 0 Å². The molecule has 3 aromatic rings. The highest BCUT2D eigenvalue weighted by atomic mass is 32.1. The number of benzene rings is 2. The average molecular weight is 463 g/mol. The van der Waals surface area contributed by atoms with Gasteiger partial charge in [0.05, 0.1) is 24.4 Å². The number of hydrogen-bond acceptors (Lipinski definition) is 7. The molecule has 0 bridgehead atoms. The number of methoxy groups -OCH3 is 1. The highest BCUT2D eigenvalue weighted by Gasteiger charge is 2.48. The summed E-state index contributed by atoms with van der Waals surface area (Å²) in [6.45, 7) is 5.35. The van der Waals surface area contributed by atoms with E-state index in [4.69, 9.17) is 4.74 Å². The molecule has 2 heterocycles. The van der Waals surface area contributed by atoms with Gasteiger partial charge in [-0.3, -0.25) is 14.5 Å². The number of amides is 1. The quantitative estimate of drug-likeness (QED) is 0.266. The topological polar surface area (TPSA) is 96.8 Å². The lowest BCUT2D eigenvalue weighted by molar-refractivity contribution is -0.132. The van der Waals surface area contributed by atoms with Gasteiger partial charge in [-0.05, 0) is 38.0 Å². The number of ether oxygens (including phenoxy) is 1. The van der Waals surface area contributed by atoms with Crippen LogP contribution in [-0.4, -0.2) is 34.9 Å². The van der Waals surface area contributed by atoms with Crippen LogP contribution in [0.25, 0.3) is 5.76 Å². The van der Waals surface area contributed by atoms with Crippen LogP contribution in [-0.2, 0) is 14.3 Å². The highest BCUT2D eigenvalue weighted by molar-refractivity contribution is 7.17. The van der Waals surface area contributed by atoms with E-state index in [2.05, 4.69) is 4.98 Å². The number of aromatic nitrogens is 1. The molecule has 1 saturated heterocycles. The van der Waals surface area contributed by atoms with E-state index in [1.54, 1.807) is 37.3 Å². The second kappa shape index (κ2) is 8.63. The summed E-state index contributed by atoms with van der Waals surface area (Å²) >= 11 is 0.972. The average Bonchev–Trinajstić information content (AvgIpc) is 3.32. The molecule has 7 nitrogen and oxygen atoms in total. The van der Waals surface area contributed by atoms with Gasteiger partial charge in [0.15, 0.2) is 5.13 Å². The molecule has 1 unspecified atom stereocenters. The Balaban J connectivity index is 1.96. The summed E-state index contributed by atoms with van der Waals surface area (Å²) in [5.74, 6) is -2.44. The standard InChI is InChI=1S/C25H22N2O5S/c1-13-10-11-14(2)17(12-13)20(28)18-19(16-8-6-5-7-9-16)27(23(30)21(18)29)25-26-15(3)22(33-25)24(31)32-4/h5-12,19,28H,1-4H3. The fraction of sp³-hybridized carbons (Fsp3) is 0.200. The lowest BCUT2D eigenvalue weighted by Gasteiger charge is -2.23. The van der Waals surface area contributed by atoms with E-state index in [1.165, 1.54) is 12.0 Å². The van der Waals surface area contributed by atoms with Crippen molar-refractivity contribution in [1.29, 1.82) is 0 Å². The molecule has 0 spiro atoms. The predicted octanol–water partition coefficient (Wildman–Crippen LogP) is 4.48. The van der Waals surface area contributed by atoms with Gasteiger partial charge in [-0.25, -0.2) is 9.78 Å². The van der Waals surface area contributed by atoms with Crippen molar-refractivity contribution >= 4 is 39.9 Å². The van der Waals surface area contributed by atoms with E-state index in [0.717, 1.165) is 22.5 Å². The molecule has 8 heteroatoms. The Morgan fingerprint density at radius 1 is 1.09 bits per heavy atom. The van der Waals surface area contributed by atoms with Crippen molar-refractivity contribution < 1.29 is 24.2 Å². The third-order valence-corrected chi connectivity index (χ3v) is 6.71. The van der Waals surface area contributed by atoms with Crippen LogP contribution in [0.1, 0.15) is 43.7 Å². The smallest absolute Gasteiger partial charge is 0.350 e. The maximum absolute atomic E-state index is 13.2. The molecular weight excluding hydrogens is 440 g/mol. The number of nitrogens with zero attached hydrogens (tertiary/aromatic N) is 2. The zero-order valence-electron chi connectivity index (χ0n) is 18.6. The van der Waals surface area contributed by atoms with Crippen molar-refractivity contribution in [3.8, 4) is 0 Å². The number of rotatable bonds is 4. The number of aliphatic hydroxyl groups is 1. The van der Waals surface area contributed by atoms with Crippen molar-refractivity contribution in [3.05, 3.63) is 86.9 Å². The number of hydrogen-bond donors (Lipinski definition) is 1. The van der Waals surface area contributed by atoms with E-state index in [1.807, 2.05) is 32.0 Å². The van der Waals surface area contributed by atoms with Gasteiger partial charge in [-0.1, -0.05) is 59.4 Å². The van der Waals surface area contributed by atoms with Crippen LogP contribution in [0.2, 0.25) is 0 Å². The Kier molecular flexibility index (Phi) is 5.86. The SMILES string of the molecule is COC(=O)c1sc(N2C(=O)C(=O)C(=C(O)c3cc(C)ccc3C)C2c2ccccc2)nc1C. The van der Waals surface area contributed by atoms with Crippen LogP contribution in [0.5, 0.6) is 0 Å². The Morgan fingerprint density at radius 3 is 2.45 bits per heavy atom. The van der Waals surface area contributed by atoms with Gasteiger partial charge < -0.3 is 9.84 Å². The summed E-state index contributed by atoms with van der Waals surface area (Å²) in [6, 6.07) is 13.6. The first-order valence-electron chi connectivity index (χ1n) is 10.2. The zero-order valence-corrected chi connectivity index (χ0v) is 19.4. The summed E-state index contributed by atoms with van der Waals surface area (Å²) in [6.07, 6.45) is 0. The number of anilines is 1. The molecular formula is C25H22N2O5S. The fourth-order valence-corrected chi connectivity index (χ4v) is 4.90. The van der Waals surface area contributed by atoms with Gasteiger partial charge in [-0.15, -0.1) is 0 Å². The first-order valence-corrected chi connectivity index (χ1v) is 11.1. The number of carbonyl (C=O) groups is 3. The van der Waals surface area contributed by atoms with Crippen LogP contribution in [0, 0.1) is 20.8 Å². The molecule has 1 amide bonds. The Hall–Kier alpha value is -3.78. The van der Waals surface area contributed by atoms with Crippen LogP contribution < -0.4 is 4.90 Å². The summed E-state index contributed by atoms with van der Waals surface area (Å²) in [5.41, 5.74) is 3.17. The van der Waals surface area contributed by atoms with Gasteiger partial charge in [-0.2, -0.15) is 0 Å². The second-order valence-corrected chi connectivity index (χ2v) is 8.78. The number of Topliss-reactive ketones (excluding diaryl/α,β-unsaturated/α-hetero) is 1. The van der Waals surface area contributed by atoms with Crippen LogP contribution in [0.4, 0.5) is 5.13 Å². The van der Waals surface area contributed by atoms with Gasteiger partial charge >= 0.3 is 11.9 Å². The van der Waals surface area contributed by atoms with Crippen molar-refractivity contribution in [2.45, 2.75) is 26.8 Å². The predicted molar refractivity (Wildman–Crippen MR) is 125 cm³/mol. The second-order valence-electron chi connectivity index (χ2n) is 7.80. The molecule has 1 aromatic heterocycles. The summed E-state index contributed by atoms with van der Waals surface area (Å²) in [7, 11) is 1.27. The van der Waals surface area contributed by atoms with Crippen molar-refractivity contribution in [2.75, 3.05) is 12.0 Å². The van der Waals surface area contributed by atoms with Gasteiger partial charge in [0.2, 0.25) is 0 Å². The molecule has 1 atom stereocenters. The van der Waals surface area contributed by atoms with Crippen LogP contribution in [0.15, 0.2) is 54.1 Å². The number of thiazole rings is 1. The Bertz CT molecular complexity index is 1310. The summed E-state index contributed by atoms with van der Waals surface area (Å²) < 4.78 is 4.81. The van der Waals surface area contributed by atoms with E-state index in [9.17, 15) is 19.5 Å². The normalized spacial score (nSPS) is 17.5. The van der Waals surface area contributed by atoms with Crippen molar-refractivity contribution in [3.63, 3.8) is 0 Å². The third kappa shape index (κ3) is 3.82. The van der Waals surface area contributed by atoms with E-state index < -0.39 is 23.7 Å².